The molecular formula is C16H17F3N4O2S. The van der Waals surface area contributed by atoms with Crippen LogP contribution >= 0.6 is 0 Å². The normalized spacial score (nSPS) is 16.0. The minimum atomic E-state index is -5.40. The van der Waals surface area contributed by atoms with Crippen LogP contribution in [-0.4, -0.2) is 50.1 Å². The lowest BCUT2D eigenvalue weighted by Crippen LogP contribution is -2.47. The number of anilines is 2. The number of para-hydroxylation sites is 1. The van der Waals surface area contributed by atoms with Crippen LogP contribution in [0.3, 0.4) is 0 Å². The molecular weight excluding hydrogens is 369 g/mol. The molecule has 0 radical (unpaired) electrons. The molecule has 0 spiro atoms. The van der Waals surface area contributed by atoms with Crippen LogP contribution in [0, 0.1) is 6.92 Å². The van der Waals surface area contributed by atoms with Crippen molar-refractivity contribution < 1.29 is 21.6 Å². The van der Waals surface area contributed by atoms with Crippen LogP contribution in [0.2, 0.25) is 0 Å². The fourth-order valence-corrected chi connectivity index (χ4v) is 3.85. The predicted molar refractivity (Wildman–Crippen MR) is 90.9 cm³/mol. The van der Waals surface area contributed by atoms with E-state index in [1.807, 2.05) is 4.90 Å². The van der Waals surface area contributed by atoms with Crippen molar-refractivity contribution >= 4 is 21.3 Å². The highest BCUT2D eigenvalue weighted by molar-refractivity contribution is 7.92. The summed E-state index contributed by atoms with van der Waals surface area (Å²) >= 11 is 0. The average Bonchev–Trinajstić information content (AvgIpc) is 2.61. The number of hydrogen-bond acceptors (Lipinski definition) is 6. The Bertz CT molecular complexity index is 894. The van der Waals surface area contributed by atoms with Crippen LogP contribution in [0.15, 0.2) is 41.4 Å². The van der Waals surface area contributed by atoms with Crippen LogP contribution in [0.25, 0.3) is 0 Å². The molecule has 0 aliphatic carbocycles. The molecule has 1 aliphatic rings. The molecule has 0 atom stereocenters. The summed E-state index contributed by atoms with van der Waals surface area (Å²) in [7, 11) is -5.40. The van der Waals surface area contributed by atoms with Gasteiger partial charge in [-0.25, -0.2) is 18.4 Å². The van der Waals surface area contributed by atoms with Crippen molar-refractivity contribution in [2.24, 2.45) is 0 Å². The van der Waals surface area contributed by atoms with E-state index in [9.17, 15) is 21.6 Å². The van der Waals surface area contributed by atoms with Gasteiger partial charge >= 0.3 is 5.51 Å². The van der Waals surface area contributed by atoms with E-state index >= 15 is 0 Å². The van der Waals surface area contributed by atoms with Crippen molar-refractivity contribution in [3.63, 3.8) is 0 Å². The molecule has 0 amide bonds. The lowest BCUT2D eigenvalue weighted by atomic mass is 10.2. The van der Waals surface area contributed by atoms with Gasteiger partial charge in [-0.2, -0.15) is 13.2 Å². The molecule has 2 aromatic rings. The maximum atomic E-state index is 13.0. The molecule has 10 heteroatoms. The molecule has 26 heavy (non-hydrogen) atoms. The number of hydrogen-bond donors (Lipinski definition) is 0. The zero-order chi connectivity index (χ0) is 18.9. The zero-order valence-electron chi connectivity index (χ0n) is 13.9. The summed E-state index contributed by atoms with van der Waals surface area (Å²) in [5.74, 6) is 1.37. The van der Waals surface area contributed by atoms with Crippen molar-refractivity contribution in [1.82, 2.24) is 9.97 Å². The van der Waals surface area contributed by atoms with E-state index in [0.717, 1.165) is 11.9 Å². The van der Waals surface area contributed by atoms with Crippen LogP contribution in [-0.2, 0) is 9.84 Å². The van der Waals surface area contributed by atoms with Gasteiger partial charge in [0.15, 0.2) is 0 Å². The SMILES string of the molecule is Cc1nccc(N2CCN(c3ccccc3S(=O)(=O)C(F)(F)F)CC2)n1. The average molecular weight is 386 g/mol. The Morgan fingerprint density at radius 1 is 1.00 bits per heavy atom. The van der Waals surface area contributed by atoms with Crippen LogP contribution in [0.4, 0.5) is 24.7 Å². The number of aromatic nitrogens is 2. The lowest BCUT2D eigenvalue weighted by Gasteiger charge is -2.37. The third-order valence-corrected chi connectivity index (χ3v) is 5.70. The second-order valence-corrected chi connectivity index (χ2v) is 7.76. The highest BCUT2D eigenvalue weighted by Gasteiger charge is 2.48. The first kappa shape index (κ1) is 18.4. The van der Waals surface area contributed by atoms with Gasteiger partial charge < -0.3 is 9.80 Å². The molecule has 3 rings (SSSR count). The Labute approximate surface area is 149 Å². The third kappa shape index (κ3) is 3.46. The Morgan fingerprint density at radius 3 is 2.23 bits per heavy atom. The van der Waals surface area contributed by atoms with Crippen molar-refractivity contribution in [3.05, 3.63) is 42.4 Å². The summed E-state index contributed by atoms with van der Waals surface area (Å²) < 4.78 is 62.6. The molecule has 1 saturated heterocycles. The summed E-state index contributed by atoms with van der Waals surface area (Å²) in [6.45, 7) is 3.56. The summed E-state index contributed by atoms with van der Waals surface area (Å²) in [5.41, 5.74) is -5.26. The summed E-state index contributed by atoms with van der Waals surface area (Å²) in [4.78, 5) is 11.3. The number of alkyl halides is 3. The summed E-state index contributed by atoms with van der Waals surface area (Å²) in [5, 5.41) is 0. The predicted octanol–water partition coefficient (Wildman–Crippen LogP) is 2.41. The summed E-state index contributed by atoms with van der Waals surface area (Å²) in [6.07, 6.45) is 1.65. The molecule has 1 aromatic carbocycles. The van der Waals surface area contributed by atoms with E-state index in [0.29, 0.717) is 32.0 Å². The molecule has 2 heterocycles. The molecule has 0 bridgehead atoms. The number of piperazine rings is 1. The standard InChI is InChI=1S/C16H17F3N4O2S/c1-12-20-7-6-15(21-12)23-10-8-22(9-11-23)13-4-2-3-5-14(13)26(24,25)16(17,18)19/h2-7H,8-11H2,1H3. The van der Waals surface area contributed by atoms with Gasteiger partial charge in [-0.1, -0.05) is 12.1 Å². The highest BCUT2D eigenvalue weighted by atomic mass is 32.2. The van der Waals surface area contributed by atoms with Gasteiger partial charge in [0.2, 0.25) is 0 Å². The Morgan fingerprint density at radius 2 is 1.62 bits per heavy atom. The Kier molecular flexibility index (Phi) is 4.78. The van der Waals surface area contributed by atoms with Gasteiger partial charge in [0.25, 0.3) is 9.84 Å². The lowest BCUT2D eigenvalue weighted by molar-refractivity contribution is -0.0435. The molecule has 0 N–H and O–H groups in total. The van der Waals surface area contributed by atoms with Gasteiger partial charge in [-0.05, 0) is 25.1 Å². The molecule has 6 nitrogen and oxygen atoms in total. The number of nitrogens with zero attached hydrogens (tertiary/aromatic N) is 4. The van der Waals surface area contributed by atoms with Crippen LogP contribution in [0.1, 0.15) is 5.82 Å². The molecule has 0 unspecified atom stereocenters. The number of aryl methyl sites for hydroxylation is 1. The highest BCUT2D eigenvalue weighted by Crippen LogP contribution is 2.36. The molecule has 1 fully saturated rings. The van der Waals surface area contributed by atoms with Gasteiger partial charge in [0.05, 0.1) is 10.6 Å². The number of halogens is 3. The van der Waals surface area contributed by atoms with Crippen molar-refractivity contribution in [2.75, 3.05) is 36.0 Å². The number of rotatable bonds is 3. The van der Waals surface area contributed by atoms with Crippen molar-refractivity contribution in [2.45, 2.75) is 17.3 Å². The van der Waals surface area contributed by atoms with E-state index in [1.54, 1.807) is 24.1 Å². The van der Waals surface area contributed by atoms with Crippen molar-refractivity contribution in [1.29, 1.82) is 0 Å². The molecule has 1 aliphatic heterocycles. The smallest absolute Gasteiger partial charge is 0.367 e. The largest absolute Gasteiger partial charge is 0.501 e. The first-order valence-corrected chi connectivity index (χ1v) is 9.38. The Hall–Kier alpha value is -2.36. The second kappa shape index (κ2) is 6.75. The molecule has 1 aromatic heterocycles. The summed E-state index contributed by atoms with van der Waals surface area (Å²) in [6, 6.07) is 7.00. The van der Waals surface area contributed by atoms with E-state index in [4.69, 9.17) is 0 Å². The zero-order valence-corrected chi connectivity index (χ0v) is 14.8. The first-order chi connectivity index (χ1) is 12.2. The minimum Gasteiger partial charge on any atom is -0.367 e. The molecule has 0 saturated carbocycles. The topological polar surface area (TPSA) is 66.4 Å². The maximum Gasteiger partial charge on any atom is 0.501 e. The Balaban J connectivity index is 1.83. The van der Waals surface area contributed by atoms with Gasteiger partial charge in [-0.15, -0.1) is 0 Å². The monoisotopic (exact) mass is 386 g/mol. The minimum absolute atomic E-state index is 0.0725. The first-order valence-electron chi connectivity index (χ1n) is 7.90. The van der Waals surface area contributed by atoms with Gasteiger partial charge in [0.1, 0.15) is 11.6 Å². The quantitative estimate of drug-likeness (QED) is 0.807. The van der Waals surface area contributed by atoms with E-state index in [2.05, 4.69) is 9.97 Å². The van der Waals surface area contributed by atoms with Crippen LogP contribution in [0.5, 0.6) is 0 Å². The maximum absolute atomic E-state index is 13.0. The van der Waals surface area contributed by atoms with Crippen molar-refractivity contribution in [3.8, 4) is 0 Å². The number of sulfone groups is 1. The van der Waals surface area contributed by atoms with Crippen LogP contribution < -0.4 is 9.80 Å². The van der Waals surface area contributed by atoms with Gasteiger partial charge in [0, 0.05) is 32.4 Å². The fraction of sp³-hybridized carbons (Fsp3) is 0.375. The van der Waals surface area contributed by atoms with Gasteiger partial charge in [-0.3, -0.25) is 0 Å². The van der Waals surface area contributed by atoms with E-state index in [1.165, 1.54) is 18.2 Å². The fourth-order valence-electron chi connectivity index (χ4n) is 2.87. The van der Waals surface area contributed by atoms with E-state index in [-0.39, 0.29) is 5.69 Å². The molecule has 140 valence electrons. The number of benzene rings is 1. The van der Waals surface area contributed by atoms with E-state index < -0.39 is 20.2 Å². The third-order valence-electron chi connectivity index (χ3n) is 4.17. The second-order valence-electron chi connectivity index (χ2n) is 5.85.